The largest absolute Gasteiger partial charge is 0.354 e. The van der Waals surface area contributed by atoms with Crippen molar-refractivity contribution in [1.29, 1.82) is 0 Å². The molecule has 0 unspecified atom stereocenters. The highest BCUT2D eigenvalue weighted by molar-refractivity contribution is 7.18. The highest BCUT2D eigenvalue weighted by Crippen LogP contribution is 2.39. The molecule has 0 radical (unpaired) electrons. The molecule has 17 heavy (non-hydrogen) atoms. The second kappa shape index (κ2) is 4.37. The van der Waals surface area contributed by atoms with Gasteiger partial charge in [-0.05, 0) is 17.5 Å². The van der Waals surface area contributed by atoms with E-state index in [2.05, 4.69) is 15.6 Å². The van der Waals surface area contributed by atoms with Crippen molar-refractivity contribution in [1.82, 2.24) is 5.32 Å². The lowest BCUT2D eigenvalue weighted by Crippen LogP contribution is -2.26. The van der Waals surface area contributed by atoms with E-state index in [0.717, 1.165) is 34.8 Å². The third-order valence-electron chi connectivity index (χ3n) is 2.56. The molecule has 2 aromatic rings. The molecular weight excluding hydrogens is 277 g/mol. The molecule has 0 bridgehead atoms. The van der Waals surface area contributed by atoms with E-state index >= 15 is 0 Å². The molecule has 1 aliphatic rings. The summed E-state index contributed by atoms with van der Waals surface area (Å²) >= 11 is 14.0. The van der Waals surface area contributed by atoms with Crippen LogP contribution >= 0.6 is 34.5 Å². The Hall–Kier alpha value is -0.970. The van der Waals surface area contributed by atoms with Crippen LogP contribution in [0, 0.1) is 0 Å². The zero-order valence-electron chi connectivity index (χ0n) is 8.76. The first-order valence-electron chi connectivity index (χ1n) is 5.16. The van der Waals surface area contributed by atoms with Crippen LogP contribution in [0.4, 0.5) is 5.69 Å². The molecule has 2 N–H and O–H groups in total. The van der Waals surface area contributed by atoms with Gasteiger partial charge >= 0.3 is 0 Å². The van der Waals surface area contributed by atoms with E-state index in [0.29, 0.717) is 10.0 Å². The maximum atomic E-state index is 6.22. The molecule has 2 heterocycles. The first kappa shape index (κ1) is 11.1. The lowest BCUT2D eigenvalue weighted by Gasteiger charge is -2.10. The first-order valence-corrected chi connectivity index (χ1v) is 6.80. The highest BCUT2D eigenvalue weighted by atomic mass is 35.5. The summed E-state index contributed by atoms with van der Waals surface area (Å²) in [5.41, 5.74) is 0.862. The Balaban J connectivity index is 2.11. The molecule has 1 aromatic heterocycles. The fourth-order valence-electron chi connectivity index (χ4n) is 1.80. The van der Waals surface area contributed by atoms with Crippen LogP contribution < -0.4 is 10.6 Å². The predicted octanol–water partition coefficient (Wildman–Crippen LogP) is 3.58. The standard InChI is InChI=1S/C11H9Cl2N3S/c12-7-5-8(13)10-6(1-4-17-10)9(7)16-11-14-2-3-15-11/h1,4-5H,2-3H2,(H2,14,15,16). The number of benzene rings is 1. The minimum absolute atomic E-state index is 0.609. The molecule has 0 atom stereocenters. The lowest BCUT2D eigenvalue weighted by atomic mass is 10.2. The molecule has 6 heteroatoms. The van der Waals surface area contributed by atoms with E-state index in [9.17, 15) is 0 Å². The van der Waals surface area contributed by atoms with Gasteiger partial charge in [0.15, 0.2) is 5.96 Å². The Morgan fingerprint density at radius 1 is 1.35 bits per heavy atom. The Morgan fingerprint density at radius 3 is 3.00 bits per heavy atom. The maximum Gasteiger partial charge on any atom is 0.195 e. The molecule has 1 aliphatic heterocycles. The van der Waals surface area contributed by atoms with Gasteiger partial charge in [0.05, 0.1) is 27.0 Å². The van der Waals surface area contributed by atoms with Gasteiger partial charge in [-0.15, -0.1) is 11.3 Å². The zero-order valence-corrected chi connectivity index (χ0v) is 11.1. The van der Waals surface area contributed by atoms with Crippen LogP contribution in [0.15, 0.2) is 22.5 Å². The van der Waals surface area contributed by atoms with Crippen LogP contribution in [0.25, 0.3) is 10.1 Å². The Kier molecular flexibility index (Phi) is 2.86. The molecular formula is C11H9Cl2N3S. The second-order valence-corrected chi connectivity index (χ2v) is 5.39. The molecule has 0 saturated carbocycles. The number of hydrogen-bond donors (Lipinski definition) is 2. The number of hydrogen-bond acceptors (Lipinski definition) is 4. The average molecular weight is 286 g/mol. The summed E-state index contributed by atoms with van der Waals surface area (Å²) in [6, 6.07) is 3.77. The monoisotopic (exact) mass is 285 g/mol. The molecule has 0 fully saturated rings. The SMILES string of the molecule is Clc1cc(Cl)c2sccc2c1NC1=NCCN1. The summed E-state index contributed by atoms with van der Waals surface area (Å²) in [5, 5.41) is 10.7. The summed E-state index contributed by atoms with van der Waals surface area (Å²) in [6.07, 6.45) is 0. The van der Waals surface area contributed by atoms with E-state index in [1.807, 2.05) is 11.4 Å². The number of aliphatic imine (C=N–C) groups is 1. The number of rotatable bonds is 1. The van der Waals surface area contributed by atoms with Crippen molar-refractivity contribution in [3.05, 3.63) is 27.6 Å². The predicted molar refractivity (Wildman–Crippen MR) is 75.8 cm³/mol. The van der Waals surface area contributed by atoms with Crippen LogP contribution in [0.1, 0.15) is 0 Å². The van der Waals surface area contributed by atoms with Gasteiger partial charge in [0.1, 0.15) is 0 Å². The zero-order chi connectivity index (χ0) is 11.8. The number of fused-ring (bicyclic) bond motifs is 1. The summed E-state index contributed by atoms with van der Waals surface area (Å²) < 4.78 is 1.04. The number of nitrogens with one attached hydrogen (secondary N) is 2. The van der Waals surface area contributed by atoms with Gasteiger partial charge in [-0.3, -0.25) is 4.99 Å². The number of thiophene rings is 1. The third kappa shape index (κ3) is 1.97. The van der Waals surface area contributed by atoms with Gasteiger partial charge < -0.3 is 10.6 Å². The minimum atomic E-state index is 0.609. The van der Waals surface area contributed by atoms with Gasteiger partial charge in [-0.25, -0.2) is 0 Å². The quantitative estimate of drug-likeness (QED) is 0.840. The van der Waals surface area contributed by atoms with Crippen molar-refractivity contribution in [2.45, 2.75) is 0 Å². The molecule has 1 aromatic carbocycles. The van der Waals surface area contributed by atoms with E-state index in [4.69, 9.17) is 23.2 Å². The van der Waals surface area contributed by atoms with Crippen molar-refractivity contribution in [2.75, 3.05) is 18.4 Å². The molecule has 0 spiro atoms. The normalized spacial score (nSPS) is 14.8. The Labute approximate surface area is 112 Å². The summed E-state index contributed by atoms with van der Waals surface area (Å²) in [6.45, 7) is 1.65. The van der Waals surface area contributed by atoms with Gasteiger partial charge in [0, 0.05) is 11.9 Å². The summed E-state index contributed by atoms with van der Waals surface area (Å²) in [4.78, 5) is 4.29. The number of nitrogens with zero attached hydrogens (tertiary/aromatic N) is 1. The highest BCUT2D eigenvalue weighted by Gasteiger charge is 2.14. The van der Waals surface area contributed by atoms with Crippen LogP contribution in [-0.4, -0.2) is 19.0 Å². The van der Waals surface area contributed by atoms with Crippen molar-refractivity contribution >= 4 is 56.3 Å². The fourth-order valence-corrected chi connectivity index (χ4v) is 3.26. The van der Waals surface area contributed by atoms with E-state index in [1.54, 1.807) is 17.4 Å². The second-order valence-electron chi connectivity index (χ2n) is 3.66. The van der Waals surface area contributed by atoms with Crippen molar-refractivity contribution < 1.29 is 0 Å². The van der Waals surface area contributed by atoms with Crippen molar-refractivity contribution in [3.63, 3.8) is 0 Å². The van der Waals surface area contributed by atoms with Crippen LogP contribution in [0.3, 0.4) is 0 Å². The summed E-state index contributed by atoms with van der Waals surface area (Å²) in [5.74, 6) is 0.765. The van der Waals surface area contributed by atoms with Crippen LogP contribution in [0.5, 0.6) is 0 Å². The van der Waals surface area contributed by atoms with Crippen molar-refractivity contribution in [2.24, 2.45) is 4.99 Å². The minimum Gasteiger partial charge on any atom is -0.354 e. The summed E-state index contributed by atoms with van der Waals surface area (Å²) in [7, 11) is 0. The number of guanidine groups is 1. The number of halogens is 2. The van der Waals surface area contributed by atoms with Crippen LogP contribution in [-0.2, 0) is 0 Å². The van der Waals surface area contributed by atoms with Crippen molar-refractivity contribution in [3.8, 4) is 0 Å². The average Bonchev–Trinajstić information content (AvgIpc) is 2.95. The molecule has 0 amide bonds. The van der Waals surface area contributed by atoms with Gasteiger partial charge in [-0.2, -0.15) is 0 Å². The molecule has 3 rings (SSSR count). The first-order chi connectivity index (χ1) is 8.25. The maximum absolute atomic E-state index is 6.22. The lowest BCUT2D eigenvalue weighted by molar-refractivity contribution is 0.959. The smallest absolute Gasteiger partial charge is 0.195 e. The van der Waals surface area contributed by atoms with E-state index in [1.165, 1.54) is 0 Å². The van der Waals surface area contributed by atoms with E-state index in [-0.39, 0.29) is 0 Å². The Bertz CT molecular complexity index is 606. The fraction of sp³-hybridized carbons (Fsp3) is 0.182. The van der Waals surface area contributed by atoms with E-state index < -0.39 is 0 Å². The number of anilines is 1. The molecule has 0 aliphatic carbocycles. The molecule has 3 nitrogen and oxygen atoms in total. The molecule has 0 saturated heterocycles. The van der Waals surface area contributed by atoms with Gasteiger partial charge in [-0.1, -0.05) is 23.2 Å². The van der Waals surface area contributed by atoms with Gasteiger partial charge in [0.25, 0.3) is 0 Å². The third-order valence-corrected chi connectivity index (χ3v) is 4.22. The van der Waals surface area contributed by atoms with Gasteiger partial charge in [0.2, 0.25) is 0 Å². The topological polar surface area (TPSA) is 36.4 Å². The Morgan fingerprint density at radius 2 is 2.24 bits per heavy atom. The molecule has 88 valence electrons. The van der Waals surface area contributed by atoms with Crippen LogP contribution in [0.2, 0.25) is 10.0 Å².